The van der Waals surface area contributed by atoms with Crippen LogP contribution in [0.3, 0.4) is 0 Å². The number of amidine groups is 1. The van der Waals surface area contributed by atoms with Gasteiger partial charge in [-0.2, -0.15) is 4.31 Å². The normalized spacial score (nSPS) is 22.9. The largest absolute Gasteiger partial charge is 0.409 e. The van der Waals surface area contributed by atoms with Crippen molar-refractivity contribution in [2.24, 2.45) is 10.9 Å². The molecule has 0 amide bonds. The summed E-state index contributed by atoms with van der Waals surface area (Å²) in [5.74, 6) is -0.194. The van der Waals surface area contributed by atoms with Crippen molar-refractivity contribution in [3.63, 3.8) is 0 Å². The fourth-order valence-electron chi connectivity index (χ4n) is 1.50. The highest BCUT2D eigenvalue weighted by Crippen LogP contribution is 2.15. The lowest BCUT2D eigenvalue weighted by atomic mass is 10.3. The Labute approximate surface area is 94.9 Å². The van der Waals surface area contributed by atoms with Crippen molar-refractivity contribution in [1.82, 2.24) is 4.31 Å². The monoisotopic (exact) mass is 251 g/mol. The molecule has 1 saturated heterocycles. The summed E-state index contributed by atoms with van der Waals surface area (Å²) >= 11 is 0. The third-order valence-electron chi connectivity index (χ3n) is 2.41. The lowest BCUT2D eigenvalue weighted by Crippen LogP contribution is -2.39. The number of sulfonamides is 1. The van der Waals surface area contributed by atoms with Crippen LogP contribution >= 0.6 is 0 Å². The summed E-state index contributed by atoms with van der Waals surface area (Å²) in [5, 5.41) is 11.1. The van der Waals surface area contributed by atoms with E-state index >= 15 is 0 Å². The molecule has 1 rings (SSSR count). The standard InChI is InChI=1S/C8H17N3O4S/c1-11(5-8(9)10-12)16(13,14)6-7-3-2-4-15-7/h7,12H,2-6H2,1H3,(H2,9,10). The maximum absolute atomic E-state index is 11.8. The van der Waals surface area contributed by atoms with Crippen molar-refractivity contribution in [1.29, 1.82) is 0 Å². The molecule has 0 spiro atoms. The number of hydrogen-bond acceptors (Lipinski definition) is 5. The van der Waals surface area contributed by atoms with Crippen molar-refractivity contribution in [3.05, 3.63) is 0 Å². The van der Waals surface area contributed by atoms with Crippen LogP contribution in [0, 0.1) is 0 Å². The predicted molar refractivity (Wildman–Crippen MR) is 58.8 cm³/mol. The van der Waals surface area contributed by atoms with Gasteiger partial charge in [-0.3, -0.25) is 0 Å². The highest BCUT2D eigenvalue weighted by atomic mass is 32.2. The molecule has 0 radical (unpaired) electrons. The minimum Gasteiger partial charge on any atom is -0.409 e. The van der Waals surface area contributed by atoms with E-state index < -0.39 is 10.0 Å². The highest BCUT2D eigenvalue weighted by molar-refractivity contribution is 7.89. The third-order valence-corrected chi connectivity index (χ3v) is 4.28. The van der Waals surface area contributed by atoms with Gasteiger partial charge in [0.2, 0.25) is 10.0 Å². The first-order chi connectivity index (χ1) is 7.45. The summed E-state index contributed by atoms with van der Waals surface area (Å²) in [5.41, 5.74) is 5.24. The van der Waals surface area contributed by atoms with Gasteiger partial charge in [0, 0.05) is 13.7 Å². The lowest BCUT2D eigenvalue weighted by Gasteiger charge is -2.18. The van der Waals surface area contributed by atoms with Crippen molar-refractivity contribution >= 4 is 15.9 Å². The van der Waals surface area contributed by atoms with E-state index in [4.69, 9.17) is 15.7 Å². The molecule has 8 heteroatoms. The molecule has 0 aromatic carbocycles. The molecule has 94 valence electrons. The van der Waals surface area contributed by atoms with E-state index in [1.165, 1.54) is 7.05 Å². The molecule has 0 aromatic rings. The third kappa shape index (κ3) is 3.62. The van der Waals surface area contributed by atoms with E-state index in [1.54, 1.807) is 0 Å². The zero-order chi connectivity index (χ0) is 12.2. The second kappa shape index (κ2) is 5.46. The van der Waals surface area contributed by atoms with Gasteiger partial charge >= 0.3 is 0 Å². The Morgan fingerprint density at radius 3 is 2.88 bits per heavy atom. The first-order valence-electron chi connectivity index (χ1n) is 4.97. The Morgan fingerprint density at radius 2 is 2.38 bits per heavy atom. The zero-order valence-corrected chi connectivity index (χ0v) is 9.98. The Hall–Kier alpha value is -0.860. The minimum atomic E-state index is -3.41. The molecule has 0 aromatic heterocycles. The smallest absolute Gasteiger partial charge is 0.216 e. The first-order valence-corrected chi connectivity index (χ1v) is 6.58. The summed E-state index contributed by atoms with van der Waals surface area (Å²) < 4.78 is 29.9. The first kappa shape index (κ1) is 13.2. The molecular weight excluding hydrogens is 234 g/mol. The summed E-state index contributed by atoms with van der Waals surface area (Å²) in [6.45, 7) is 0.496. The SMILES string of the molecule is CN(CC(N)=NO)S(=O)(=O)CC1CCCO1. The molecule has 3 N–H and O–H groups in total. The quantitative estimate of drug-likeness (QED) is 0.287. The fraction of sp³-hybridized carbons (Fsp3) is 0.875. The molecule has 1 heterocycles. The van der Waals surface area contributed by atoms with E-state index in [2.05, 4.69) is 5.16 Å². The molecular formula is C8H17N3O4S. The van der Waals surface area contributed by atoms with Gasteiger partial charge in [0.15, 0.2) is 5.84 Å². The van der Waals surface area contributed by atoms with E-state index in [-0.39, 0.29) is 24.2 Å². The Kier molecular flexibility index (Phi) is 4.51. The van der Waals surface area contributed by atoms with Gasteiger partial charge < -0.3 is 15.7 Å². The van der Waals surface area contributed by atoms with Gasteiger partial charge in [-0.05, 0) is 12.8 Å². The maximum atomic E-state index is 11.8. The number of nitrogens with zero attached hydrogens (tertiary/aromatic N) is 2. The van der Waals surface area contributed by atoms with Crippen LogP contribution in [0.2, 0.25) is 0 Å². The summed E-state index contributed by atoms with van der Waals surface area (Å²) in [4.78, 5) is 0. The van der Waals surface area contributed by atoms with Gasteiger partial charge in [-0.25, -0.2) is 8.42 Å². The van der Waals surface area contributed by atoms with Gasteiger partial charge in [-0.1, -0.05) is 5.16 Å². The van der Waals surface area contributed by atoms with Crippen molar-refractivity contribution in [3.8, 4) is 0 Å². The summed E-state index contributed by atoms with van der Waals surface area (Å²) in [6.07, 6.45) is 1.42. The van der Waals surface area contributed by atoms with Crippen LogP contribution in [0.1, 0.15) is 12.8 Å². The molecule has 0 bridgehead atoms. The average Bonchev–Trinajstić information content (AvgIpc) is 2.69. The van der Waals surface area contributed by atoms with Crippen LogP contribution in [-0.4, -0.2) is 55.8 Å². The second-order valence-electron chi connectivity index (χ2n) is 3.76. The number of likely N-dealkylation sites (N-methyl/N-ethyl adjacent to an activating group) is 1. The number of hydrogen-bond donors (Lipinski definition) is 2. The van der Waals surface area contributed by atoms with E-state index in [0.29, 0.717) is 6.61 Å². The van der Waals surface area contributed by atoms with Crippen LogP contribution in [0.25, 0.3) is 0 Å². The van der Waals surface area contributed by atoms with Gasteiger partial charge in [-0.15, -0.1) is 0 Å². The molecule has 1 aliphatic rings. The lowest BCUT2D eigenvalue weighted by molar-refractivity contribution is 0.126. The van der Waals surface area contributed by atoms with Crippen LogP contribution in [0.4, 0.5) is 0 Å². The molecule has 1 unspecified atom stereocenters. The number of rotatable bonds is 5. The van der Waals surface area contributed by atoms with Crippen molar-refractivity contribution in [2.45, 2.75) is 18.9 Å². The van der Waals surface area contributed by atoms with E-state index in [1.807, 2.05) is 0 Å². The Balaban J connectivity index is 2.55. The minimum absolute atomic E-state index is 0.0534. The summed E-state index contributed by atoms with van der Waals surface area (Å²) in [6, 6.07) is 0. The molecule has 16 heavy (non-hydrogen) atoms. The van der Waals surface area contributed by atoms with Crippen LogP contribution < -0.4 is 5.73 Å². The van der Waals surface area contributed by atoms with Gasteiger partial charge in [0.05, 0.1) is 18.4 Å². The van der Waals surface area contributed by atoms with Crippen molar-refractivity contribution in [2.75, 3.05) is 26.0 Å². The highest BCUT2D eigenvalue weighted by Gasteiger charge is 2.26. The molecule has 1 fully saturated rings. The predicted octanol–water partition coefficient (Wildman–Crippen LogP) is -0.827. The number of nitrogens with two attached hydrogens (primary N) is 1. The van der Waals surface area contributed by atoms with Gasteiger partial charge in [0.1, 0.15) is 0 Å². The topological polar surface area (TPSA) is 105 Å². The average molecular weight is 251 g/mol. The Morgan fingerprint density at radius 1 is 1.69 bits per heavy atom. The van der Waals surface area contributed by atoms with Crippen LogP contribution in [0.15, 0.2) is 5.16 Å². The Bertz CT molecular complexity index is 348. The van der Waals surface area contributed by atoms with Crippen molar-refractivity contribution < 1.29 is 18.4 Å². The molecule has 1 atom stereocenters. The van der Waals surface area contributed by atoms with Crippen LogP contribution in [-0.2, 0) is 14.8 Å². The fourth-order valence-corrected chi connectivity index (χ4v) is 2.81. The molecule has 1 aliphatic heterocycles. The van der Waals surface area contributed by atoms with E-state index in [0.717, 1.165) is 17.1 Å². The maximum Gasteiger partial charge on any atom is 0.216 e. The van der Waals surface area contributed by atoms with Crippen LogP contribution in [0.5, 0.6) is 0 Å². The van der Waals surface area contributed by atoms with E-state index in [9.17, 15) is 8.42 Å². The molecule has 7 nitrogen and oxygen atoms in total. The number of oxime groups is 1. The zero-order valence-electron chi connectivity index (χ0n) is 9.16. The number of ether oxygens (including phenoxy) is 1. The molecule has 0 aliphatic carbocycles. The molecule has 0 saturated carbocycles. The second-order valence-corrected chi connectivity index (χ2v) is 5.88. The summed E-state index contributed by atoms with van der Waals surface area (Å²) in [7, 11) is -2.02. The van der Waals surface area contributed by atoms with Gasteiger partial charge in [0.25, 0.3) is 0 Å².